The van der Waals surface area contributed by atoms with Gasteiger partial charge in [-0.25, -0.2) is 4.98 Å². The zero-order chi connectivity index (χ0) is 7.78. The number of aryl methyl sites for hydroxylation is 1. The standard InChI is InChI=1S/C8H14N2/c1-8(2,3)7-5-10(4)6-9-7/h5-6H,1-4H3. The van der Waals surface area contributed by atoms with Gasteiger partial charge in [0.25, 0.3) is 0 Å². The van der Waals surface area contributed by atoms with Gasteiger partial charge in [0.1, 0.15) is 0 Å². The Morgan fingerprint density at radius 1 is 1.40 bits per heavy atom. The SMILES string of the molecule is Cn1cnc(C(C)(C)C)c1. The molecule has 0 N–H and O–H groups in total. The van der Waals surface area contributed by atoms with Crippen LogP contribution in [0.2, 0.25) is 0 Å². The minimum atomic E-state index is 0.182. The molecular formula is C8H14N2. The number of imidazole rings is 1. The lowest BCUT2D eigenvalue weighted by Gasteiger charge is -2.13. The molecule has 1 heterocycles. The summed E-state index contributed by atoms with van der Waals surface area (Å²) in [6.07, 6.45) is 3.89. The second-order valence-corrected chi connectivity index (χ2v) is 3.67. The Kier molecular flexibility index (Phi) is 1.55. The van der Waals surface area contributed by atoms with Crippen LogP contribution < -0.4 is 0 Å². The first-order valence-corrected chi connectivity index (χ1v) is 3.48. The van der Waals surface area contributed by atoms with E-state index in [0.717, 1.165) is 5.69 Å². The molecule has 0 aromatic carbocycles. The van der Waals surface area contributed by atoms with Crippen molar-refractivity contribution in [3.8, 4) is 0 Å². The van der Waals surface area contributed by atoms with Gasteiger partial charge in [0.05, 0.1) is 12.0 Å². The summed E-state index contributed by atoms with van der Waals surface area (Å²) in [6.45, 7) is 6.49. The highest BCUT2D eigenvalue weighted by Crippen LogP contribution is 2.18. The Morgan fingerprint density at radius 3 is 2.20 bits per heavy atom. The van der Waals surface area contributed by atoms with Crippen molar-refractivity contribution < 1.29 is 0 Å². The Hall–Kier alpha value is -0.790. The molecule has 0 unspecified atom stereocenters. The van der Waals surface area contributed by atoms with Crippen LogP contribution in [0.15, 0.2) is 12.5 Å². The molecule has 0 aliphatic rings. The lowest BCUT2D eigenvalue weighted by molar-refractivity contribution is 0.571. The molecule has 0 bridgehead atoms. The summed E-state index contributed by atoms with van der Waals surface area (Å²) in [5.74, 6) is 0. The number of hydrogen-bond acceptors (Lipinski definition) is 1. The quantitative estimate of drug-likeness (QED) is 0.533. The number of aromatic nitrogens is 2. The third-order valence-corrected chi connectivity index (χ3v) is 1.47. The molecule has 0 saturated heterocycles. The Labute approximate surface area is 61.9 Å². The van der Waals surface area contributed by atoms with Gasteiger partial charge in [0.15, 0.2) is 0 Å². The van der Waals surface area contributed by atoms with Crippen LogP contribution in [0.5, 0.6) is 0 Å². The number of hydrogen-bond donors (Lipinski definition) is 0. The highest BCUT2D eigenvalue weighted by Gasteiger charge is 2.15. The minimum Gasteiger partial charge on any atom is -0.340 e. The fourth-order valence-corrected chi connectivity index (χ4v) is 0.800. The van der Waals surface area contributed by atoms with Gasteiger partial charge in [0, 0.05) is 18.7 Å². The van der Waals surface area contributed by atoms with E-state index in [1.807, 2.05) is 17.9 Å². The lowest BCUT2D eigenvalue weighted by Crippen LogP contribution is -2.11. The molecule has 0 spiro atoms. The molecule has 1 aromatic heterocycles. The van der Waals surface area contributed by atoms with Gasteiger partial charge >= 0.3 is 0 Å². The molecule has 0 aliphatic heterocycles. The van der Waals surface area contributed by atoms with Gasteiger partial charge in [-0.1, -0.05) is 20.8 Å². The van der Waals surface area contributed by atoms with E-state index in [9.17, 15) is 0 Å². The lowest BCUT2D eigenvalue weighted by atomic mass is 9.93. The molecule has 10 heavy (non-hydrogen) atoms. The number of nitrogens with zero attached hydrogens (tertiary/aromatic N) is 2. The molecular weight excluding hydrogens is 124 g/mol. The third-order valence-electron chi connectivity index (χ3n) is 1.47. The van der Waals surface area contributed by atoms with Gasteiger partial charge in [-0.05, 0) is 0 Å². The van der Waals surface area contributed by atoms with E-state index >= 15 is 0 Å². The molecule has 0 fully saturated rings. The summed E-state index contributed by atoms with van der Waals surface area (Å²) in [5, 5.41) is 0. The molecule has 0 aliphatic carbocycles. The van der Waals surface area contributed by atoms with Crippen molar-refractivity contribution >= 4 is 0 Å². The van der Waals surface area contributed by atoms with Crippen molar-refractivity contribution in [3.05, 3.63) is 18.2 Å². The smallest absolute Gasteiger partial charge is 0.0947 e. The molecule has 0 atom stereocenters. The van der Waals surface area contributed by atoms with Gasteiger partial charge in [-0.3, -0.25) is 0 Å². The van der Waals surface area contributed by atoms with Crippen molar-refractivity contribution in [2.75, 3.05) is 0 Å². The maximum atomic E-state index is 4.25. The first-order valence-electron chi connectivity index (χ1n) is 3.48. The molecule has 2 heteroatoms. The third kappa shape index (κ3) is 1.38. The molecule has 0 radical (unpaired) electrons. The van der Waals surface area contributed by atoms with E-state index in [0.29, 0.717) is 0 Å². The first-order chi connectivity index (χ1) is 4.50. The number of rotatable bonds is 0. The van der Waals surface area contributed by atoms with Crippen molar-refractivity contribution in [2.24, 2.45) is 7.05 Å². The molecule has 0 saturated carbocycles. The normalized spacial score (nSPS) is 12.0. The summed E-state index contributed by atoms with van der Waals surface area (Å²) < 4.78 is 1.97. The van der Waals surface area contributed by atoms with E-state index in [1.54, 1.807) is 0 Å². The highest BCUT2D eigenvalue weighted by atomic mass is 15.0. The second-order valence-electron chi connectivity index (χ2n) is 3.67. The van der Waals surface area contributed by atoms with Crippen LogP contribution in [0.25, 0.3) is 0 Å². The van der Waals surface area contributed by atoms with Gasteiger partial charge in [-0.2, -0.15) is 0 Å². The topological polar surface area (TPSA) is 17.8 Å². The van der Waals surface area contributed by atoms with Crippen LogP contribution in [-0.2, 0) is 12.5 Å². The summed E-state index contributed by atoms with van der Waals surface area (Å²) in [4.78, 5) is 4.25. The van der Waals surface area contributed by atoms with Gasteiger partial charge in [0.2, 0.25) is 0 Å². The van der Waals surface area contributed by atoms with Crippen molar-refractivity contribution in [1.29, 1.82) is 0 Å². The van der Waals surface area contributed by atoms with E-state index in [2.05, 4.69) is 32.0 Å². The zero-order valence-electron chi connectivity index (χ0n) is 7.05. The van der Waals surface area contributed by atoms with E-state index < -0.39 is 0 Å². The molecule has 1 aromatic rings. The van der Waals surface area contributed by atoms with E-state index in [1.165, 1.54) is 0 Å². The predicted molar refractivity (Wildman–Crippen MR) is 41.9 cm³/mol. The maximum Gasteiger partial charge on any atom is 0.0947 e. The average Bonchev–Trinajstić information content (AvgIpc) is 2.11. The van der Waals surface area contributed by atoms with Crippen LogP contribution in [0.3, 0.4) is 0 Å². The second kappa shape index (κ2) is 2.11. The average molecular weight is 138 g/mol. The largest absolute Gasteiger partial charge is 0.340 e. The fourth-order valence-electron chi connectivity index (χ4n) is 0.800. The summed E-state index contributed by atoms with van der Waals surface area (Å²) in [6, 6.07) is 0. The summed E-state index contributed by atoms with van der Waals surface area (Å²) >= 11 is 0. The van der Waals surface area contributed by atoms with Gasteiger partial charge in [-0.15, -0.1) is 0 Å². The Morgan fingerprint density at radius 2 is 2.00 bits per heavy atom. The fraction of sp³-hybridized carbons (Fsp3) is 0.625. The predicted octanol–water partition coefficient (Wildman–Crippen LogP) is 1.72. The molecule has 2 nitrogen and oxygen atoms in total. The Balaban J connectivity index is 2.96. The van der Waals surface area contributed by atoms with Crippen LogP contribution in [0.1, 0.15) is 26.5 Å². The minimum absolute atomic E-state index is 0.182. The maximum absolute atomic E-state index is 4.25. The Bertz CT molecular complexity index is 217. The molecule has 1 rings (SSSR count). The van der Waals surface area contributed by atoms with Crippen molar-refractivity contribution in [1.82, 2.24) is 9.55 Å². The highest BCUT2D eigenvalue weighted by molar-refractivity contribution is 5.08. The molecule has 56 valence electrons. The first kappa shape index (κ1) is 7.32. The summed E-state index contributed by atoms with van der Waals surface area (Å²) in [7, 11) is 1.99. The van der Waals surface area contributed by atoms with Crippen LogP contribution in [-0.4, -0.2) is 9.55 Å². The van der Waals surface area contributed by atoms with Crippen molar-refractivity contribution in [2.45, 2.75) is 26.2 Å². The van der Waals surface area contributed by atoms with E-state index in [4.69, 9.17) is 0 Å². The summed E-state index contributed by atoms with van der Waals surface area (Å²) in [5.41, 5.74) is 1.33. The van der Waals surface area contributed by atoms with Gasteiger partial charge < -0.3 is 4.57 Å². The van der Waals surface area contributed by atoms with E-state index in [-0.39, 0.29) is 5.41 Å². The van der Waals surface area contributed by atoms with Crippen LogP contribution >= 0.6 is 0 Å². The molecule has 0 amide bonds. The monoisotopic (exact) mass is 138 g/mol. The van der Waals surface area contributed by atoms with Crippen LogP contribution in [0, 0.1) is 0 Å². The van der Waals surface area contributed by atoms with Crippen molar-refractivity contribution in [3.63, 3.8) is 0 Å². The zero-order valence-corrected chi connectivity index (χ0v) is 7.05. The van der Waals surface area contributed by atoms with Crippen LogP contribution in [0.4, 0.5) is 0 Å².